The van der Waals surface area contributed by atoms with Crippen LogP contribution in [-0.4, -0.2) is 24.5 Å². The van der Waals surface area contributed by atoms with Crippen LogP contribution in [0.3, 0.4) is 0 Å². The maximum absolute atomic E-state index is 13.4. The van der Waals surface area contributed by atoms with Gasteiger partial charge in [0, 0.05) is 9.92 Å². The van der Waals surface area contributed by atoms with Gasteiger partial charge in [0.15, 0.2) is 16.3 Å². The molecule has 8 heteroatoms. The fraction of sp³-hybridized carbons (Fsp3) is 0. The zero-order chi connectivity index (χ0) is 20.5. The van der Waals surface area contributed by atoms with Gasteiger partial charge < -0.3 is 0 Å². The molecule has 6 nitrogen and oxygen atoms in total. The predicted octanol–water partition coefficient (Wildman–Crippen LogP) is 4.77. The highest BCUT2D eigenvalue weighted by Crippen LogP contribution is 2.29. The van der Waals surface area contributed by atoms with Crippen molar-refractivity contribution in [2.24, 2.45) is 0 Å². The molecule has 0 radical (unpaired) electrons. The van der Waals surface area contributed by atoms with E-state index >= 15 is 0 Å². The summed E-state index contributed by atoms with van der Waals surface area (Å²) in [5, 5.41) is 9.34. The van der Waals surface area contributed by atoms with Crippen molar-refractivity contribution < 1.29 is 0 Å². The van der Waals surface area contributed by atoms with Crippen molar-refractivity contribution in [1.29, 1.82) is 0 Å². The monoisotopic (exact) mass is 431 g/mol. The summed E-state index contributed by atoms with van der Waals surface area (Å²) in [6, 6.07) is 26.4. The average molecular weight is 432 g/mol. The van der Waals surface area contributed by atoms with Gasteiger partial charge >= 0.3 is 0 Å². The number of para-hydroxylation sites is 1. The summed E-state index contributed by atoms with van der Waals surface area (Å²) in [5.41, 5.74) is 1.69. The van der Waals surface area contributed by atoms with E-state index in [1.807, 2.05) is 66.7 Å². The van der Waals surface area contributed by atoms with Crippen LogP contribution in [0.5, 0.6) is 0 Å². The molecule has 0 fully saturated rings. The normalized spacial score (nSPS) is 11.1. The number of rotatable bonds is 4. The third-order valence-corrected chi connectivity index (χ3v) is 5.66. The predicted molar refractivity (Wildman–Crippen MR) is 118 cm³/mol. The van der Waals surface area contributed by atoms with E-state index in [2.05, 4.69) is 10.3 Å². The molecule has 0 unspecified atom stereocenters. The Balaban J connectivity index is 1.78. The Labute approximate surface area is 180 Å². The van der Waals surface area contributed by atoms with Crippen molar-refractivity contribution in [3.63, 3.8) is 0 Å². The van der Waals surface area contributed by atoms with Crippen LogP contribution in [0.25, 0.3) is 22.5 Å². The zero-order valence-electron chi connectivity index (χ0n) is 15.5. The Morgan fingerprint density at radius 3 is 2.27 bits per heavy atom. The van der Waals surface area contributed by atoms with E-state index < -0.39 is 0 Å². The maximum Gasteiger partial charge on any atom is 0.288 e. The standard InChI is InChI=1S/C22H14ClN5OS/c23-15-8-7-11-17(14-15)27-21(29)19-20(24-22(27)30-18-12-5-2-6-13-18)28(26-25-19)16-9-3-1-4-10-16/h1-14H. The third-order valence-electron chi connectivity index (χ3n) is 4.46. The van der Waals surface area contributed by atoms with Crippen molar-refractivity contribution in [1.82, 2.24) is 24.5 Å². The van der Waals surface area contributed by atoms with Crippen LogP contribution in [0.2, 0.25) is 5.02 Å². The van der Waals surface area contributed by atoms with Crippen molar-refractivity contribution in [3.8, 4) is 11.4 Å². The Hall–Kier alpha value is -3.42. The number of halogens is 1. The van der Waals surface area contributed by atoms with E-state index in [0.717, 1.165) is 10.6 Å². The molecule has 0 aliphatic carbocycles. The lowest BCUT2D eigenvalue weighted by atomic mass is 10.3. The molecule has 0 saturated carbocycles. The lowest BCUT2D eigenvalue weighted by molar-refractivity contribution is 0.794. The molecule has 0 aliphatic rings. The molecule has 146 valence electrons. The van der Waals surface area contributed by atoms with Gasteiger partial charge in [-0.25, -0.2) is 4.98 Å². The topological polar surface area (TPSA) is 65.6 Å². The second kappa shape index (κ2) is 7.78. The highest BCUT2D eigenvalue weighted by atomic mass is 35.5. The number of fused-ring (bicyclic) bond motifs is 1. The molecule has 0 aliphatic heterocycles. The Bertz CT molecular complexity index is 1400. The van der Waals surface area contributed by atoms with Gasteiger partial charge in [0.25, 0.3) is 5.56 Å². The van der Waals surface area contributed by atoms with Gasteiger partial charge in [0.1, 0.15) is 0 Å². The Kier molecular flexibility index (Phi) is 4.82. The minimum Gasteiger partial charge on any atom is -0.266 e. The molecule has 0 N–H and O–H groups in total. The summed E-state index contributed by atoms with van der Waals surface area (Å²) in [6.07, 6.45) is 0. The second-order valence-corrected chi connectivity index (χ2v) is 7.92. The summed E-state index contributed by atoms with van der Waals surface area (Å²) in [6.45, 7) is 0. The molecule has 5 rings (SSSR count). The fourth-order valence-corrected chi connectivity index (χ4v) is 4.20. The van der Waals surface area contributed by atoms with Crippen LogP contribution in [0.15, 0.2) is 99.8 Å². The molecular weight excluding hydrogens is 418 g/mol. The van der Waals surface area contributed by atoms with Gasteiger partial charge in [-0.3, -0.25) is 9.36 Å². The number of hydrogen-bond donors (Lipinski definition) is 0. The van der Waals surface area contributed by atoms with E-state index in [-0.39, 0.29) is 11.1 Å². The first kappa shape index (κ1) is 18.6. The third kappa shape index (κ3) is 3.38. The first-order chi connectivity index (χ1) is 14.7. The van der Waals surface area contributed by atoms with E-state index in [1.54, 1.807) is 22.9 Å². The summed E-state index contributed by atoms with van der Waals surface area (Å²) < 4.78 is 3.10. The second-order valence-electron chi connectivity index (χ2n) is 6.44. The fourth-order valence-electron chi connectivity index (χ4n) is 3.10. The number of benzene rings is 3. The van der Waals surface area contributed by atoms with Crippen LogP contribution in [-0.2, 0) is 0 Å². The van der Waals surface area contributed by atoms with Gasteiger partial charge in [-0.1, -0.05) is 71.0 Å². The molecule has 5 aromatic rings. The number of hydrogen-bond acceptors (Lipinski definition) is 5. The smallest absolute Gasteiger partial charge is 0.266 e. The summed E-state index contributed by atoms with van der Waals surface area (Å²) in [4.78, 5) is 19.2. The molecule has 2 heterocycles. The van der Waals surface area contributed by atoms with E-state index in [0.29, 0.717) is 21.5 Å². The molecule has 30 heavy (non-hydrogen) atoms. The van der Waals surface area contributed by atoms with Crippen LogP contribution in [0.1, 0.15) is 0 Å². The lowest BCUT2D eigenvalue weighted by Gasteiger charge is -2.12. The molecular formula is C22H14ClN5OS. The first-order valence-electron chi connectivity index (χ1n) is 9.13. The number of aromatic nitrogens is 5. The molecule has 0 amide bonds. The highest BCUT2D eigenvalue weighted by Gasteiger charge is 2.19. The minimum atomic E-state index is -0.303. The van der Waals surface area contributed by atoms with Crippen molar-refractivity contribution in [2.45, 2.75) is 10.1 Å². The van der Waals surface area contributed by atoms with Crippen LogP contribution < -0.4 is 5.56 Å². The summed E-state index contributed by atoms with van der Waals surface area (Å²) in [7, 11) is 0. The molecule has 0 atom stereocenters. The number of nitrogens with zero attached hydrogens (tertiary/aromatic N) is 5. The quantitative estimate of drug-likeness (QED) is 0.383. The van der Waals surface area contributed by atoms with Gasteiger partial charge in [-0.05, 0) is 42.5 Å². The first-order valence-corrected chi connectivity index (χ1v) is 10.3. The molecule has 0 saturated heterocycles. The molecule has 3 aromatic carbocycles. The van der Waals surface area contributed by atoms with Crippen LogP contribution in [0.4, 0.5) is 0 Å². The summed E-state index contributed by atoms with van der Waals surface area (Å²) >= 11 is 7.58. The Morgan fingerprint density at radius 2 is 1.53 bits per heavy atom. The largest absolute Gasteiger partial charge is 0.288 e. The molecule has 0 spiro atoms. The van der Waals surface area contributed by atoms with E-state index in [1.165, 1.54) is 16.3 Å². The van der Waals surface area contributed by atoms with Gasteiger partial charge in [-0.15, -0.1) is 5.10 Å². The van der Waals surface area contributed by atoms with Crippen LogP contribution in [0, 0.1) is 0 Å². The highest BCUT2D eigenvalue weighted by molar-refractivity contribution is 7.99. The van der Waals surface area contributed by atoms with E-state index in [4.69, 9.17) is 16.6 Å². The van der Waals surface area contributed by atoms with E-state index in [9.17, 15) is 4.79 Å². The molecule has 0 bridgehead atoms. The van der Waals surface area contributed by atoms with Gasteiger partial charge in [0.2, 0.25) is 0 Å². The van der Waals surface area contributed by atoms with Crippen molar-refractivity contribution >= 4 is 34.5 Å². The minimum absolute atomic E-state index is 0.191. The maximum atomic E-state index is 13.4. The lowest BCUT2D eigenvalue weighted by Crippen LogP contribution is -2.22. The summed E-state index contributed by atoms with van der Waals surface area (Å²) in [5.74, 6) is 0. The van der Waals surface area contributed by atoms with Gasteiger partial charge in [-0.2, -0.15) is 4.68 Å². The molecule has 2 aromatic heterocycles. The van der Waals surface area contributed by atoms with Crippen molar-refractivity contribution in [2.75, 3.05) is 0 Å². The van der Waals surface area contributed by atoms with Crippen molar-refractivity contribution in [3.05, 3.63) is 100 Å². The average Bonchev–Trinajstić information content (AvgIpc) is 3.19. The zero-order valence-corrected chi connectivity index (χ0v) is 17.1. The van der Waals surface area contributed by atoms with Gasteiger partial charge in [0.05, 0.1) is 11.4 Å². The SMILES string of the molecule is O=c1c2nnn(-c3ccccc3)c2nc(Sc2ccccc2)n1-c1cccc(Cl)c1. The Morgan fingerprint density at radius 1 is 0.833 bits per heavy atom. The van der Waals surface area contributed by atoms with Crippen LogP contribution >= 0.6 is 23.4 Å².